The van der Waals surface area contributed by atoms with Gasteiger partial charge in [0.2, 0.25) is 0 Å². The van der Waals surface area contributed by atoms with Crippen LogP contribution in [0.4, 0.5) is 0 Å². The third kappa shape index (κ3) is 48.5. The zero-order valence-electron chi connectivity index (χ0n) is 9.59. The Morgan fingerprint density at radius 3 is 1.62 bits per heavy atom. The van der Waals surface area contributed by atoms with E-state index in [0.29, 0.717) is 6.42 Å². The normalized spacial score (nSPS) is 7.62. The molecular formula is C10H20Ni2O4. The van der Waals surface area contributed by atoms with Crippen molar-refractivity contribution < 1.29 is 52.8 Å². The van der Waals surface area contributed by atoms with Crippen molar-refractivity contribution in [2.75, 3.05) is 0 Å². The number of aliphatic carboxylic acids is 2. The Morgan fingerprint density at radius 2 is 1.31 bits per heavy atom. The first-order valence-electron chi connectivity index (χ1n) is 4.92. The van der Waals surface area contributed by atoms with Crippen molar-refractivity contribution in [2.45, 2.75) is 52.4 Å². The smallest absolute Gasteiger partial charge is 0.303 e. The van der Waals surface area contributed by atoms with Crippen molar-refractivity contribution in [3.05, 3.63) is 0 Å². The predicted octanol–water partition coefficient (Wildman–Crippen LogP) is 2.52. The van der Waals surface area contributed by atoms with Gasteiger partial charge < -0.3 is 10.2 Å². The van der Waals surface area contributed by atoms with Crippen LogP contribution < -0.4 is 0 Å². The first-order valence-corrected chi connectivity index (χ1v) is 4.92. The summed E-state index contributed by atoms with van der Waals surface area (Å²) in [7, 11) is 0. The summed E-state index contributed by atoms with van der Waals surface area (Å²) in [6.45, 7) is 3.23. The summed E-state index contributed by atoms with van der Waals surface area (Å²) in [6.07, 6.45) is 5.88. The molecule has 104 valence electrons. The zero-order chi connectivity index (χ0) is 11.4. The minimum Gasteiger partial charge on any atom is -0.481 e. The van der Waals surface area contributed by atoms with Crippen LogP contribution in [-0.4, -0.2) is 22.2 Å². The number of carboxylic acid groups (broad SMARTS) is 2. The van der Waals surface area contributed by atoms with Gasteiger partial charge in [-0.2, -0.15) is 0 Å². The van der Waals surface area contributed by atoms with Crippen molar-refractivity contribution in [1.29, 1.82) is 0 Å². The van der Waals surface area contributed by atoms with Gasteiger partial charge in [0.05, 0.1) is 0 Å². The third-order valence-corrected chi connectivity index (χ3v) is 1.49. The van der Waals surface area contributed by atoms with E-state index < -0.39 is 11.9 Å². The van der Waals surface area contributed by atoms with Gasteiger partial charge in [0.15, 0.2) is 0 Å². The maximum absolute atomic E-state index is 10.0. The van der Waals surface area contributed by atoms with Crippen molar-refractivity contribution in [3.63, 3.8) is 0 Å². The molecule has 0 aromatic heterocycles. The topological polar surface area (TPSA) is 74.6 Å². The summed E-state index contributed by atoms with van der Waals surface area (Å²) in [5, 5.41) is 15.7. The van der Waals surface area contributed by atoms with Gasteiger partial charge in [-0.3, -0.25) is 9.59 Å². The van der Waals surface area contributed by atoms with Crippen LogP contribution in [0.15, 0.2) is 0 Å². The van der Waals surface area contributed by atoms with E-state index in [1.165, 1.54) is 19.3 Å². The van der Waals surface area contributed by atoms with Crippen LogP contribution >= 0.6 is 0 Å². The van der Waals surface area contributed by atoms with E-state index in [1.807, 2.05) is 0 Å². The molecule has 0 atom stereocenters. The molecule has 16 heavy (non-hydrogen) atoms. The molecule has 0 aliphatic rings. The number of hydrogen-bond acceptors (Lipinski definition) is 2. The van der Waals surface area contributed by atoms with E-state index in [2.05, 4.69) is 6.92 Å². The van der Waals surface area contributed by atoms with Crippen LogP contribution in [-0.2, 0) is 42.6 Å². The van der Waals surface area contributed by atoms with Crippen LogP contribution in [0.25, 0.3) is 0 Å². The molecule has 0 fully saturated rings. The summed E-state index contributed by atoms with van der Waals surface area (Å²) in [6, 6.07) is 0. The SMILES string of the molecule is CC(=O)O.CCCCCCCC(=O)O.[Ni].[Ni]. The molecule has 0 spiro atoms. The monoisotopic (exact) mass is 320 g/mol. The quantitative estimate of drug-likeness (QED) is 0.582. The van der Waals surface area contributed by atoms with Gasteiger partial charge in [-0.1, -0.05) is 32.6 Å². The molecule has 4 nitrogen and oxygen atoms in total. The standard InChI is InChI=1S/C8H16O2.C2H4O2.2Ni/c1-2-3-4-5-6-7-8(9)10;1-2(3)4;;/h2-7H2,1H3,(H,9,10);1H3,(H,3,4);;. The van der Waals surface area contributed by atoms with E-state index in [9.17, 15) is 4.79 Å². The molecule has 0 aliphatic carbocycles. The molecule has 2 N–H and O–H groups in total. The molecule has 0 heterocycles. The summed E-state index contributed by atoms with van der Waals surface area (Å²) in [5.41, 5.74) is 0. The van der Waals surface area contributed by atoms with E-state index in [-0.39, 0.29) is 33.0 Å². The number of rotatable bonds is 6. The molecule has 0 radical (unpaired) electrons. The molecule has 0 amide bonds. The van der Waals surface area contributed by atoms with Crippen LogP contribution in [0.3, 0.4) is 0 Å². The summed E-state index contributed by atoms with van der Waals surface area (Å²) in [4.78, 5) is 19.0. The number of unbranched alkanes of at least 4 members (excludes halogenated alkanes) is 4. The molecule has 0 aliphatic heterocycles. The molecule has 0 rings (SSSR count). The Hall–Kier alpha value is -0.0730. The maximum atomic E-state index is 10.0. The number of hydrogen-bond donors (Lipinski definition) is 2. The molecule has 0 unspecified atom stereocenters. The van der Waals surface area contributed by atoms with Crippen LogP contribution in [0.2, 0.25) is 0 Å². The minimum absolute atomic E-state index is 0. The Kier molecular flexibility index (Phi) is 31.7. The van der Waals surface area contributed by atoms with Gasteiger partial charge in [-0.25, -0.2) is 0 Å². The van der Waals surface area contributed by atoms with E-state index in [0.717, 1.165) is 19.8 Å². The predicted molar refractivity (Wildman–Crippen MR) is 54.3 cm³/mol. The molecule has 0 aromatic carbocycles. The minimum atomic E-state index is -0.833. The van der Waals surface area contributed by atoms with Crippen LogP contribution in [0, 0.1) is 0 Å². The molecular weight excluding hydrogens is 301 g/mol. The Balaban J connectivity index is -0.000000105. The van der Waals surface area contributed by atoms with Crippen molar-refractivity contribution in [3.8, 4) is 0 Å². The van der Waals surface area contributed by atoms with Crippen LogP contribution in [0.1, 0.15) is 52.4 Å². The fraction of sp³-hybridized carbons (Fsp3) is 0.800. The van der Waals surface area contributed by atoms with Gasteiger partial charge in [0, 0.05) is 46.3 Å². The Labute approximate surface area is 117 Å². The molecule has 0 saturated heterocycles. The molecule has 0 saturated carbocycles. The van der Waals surface area contributed by atoms with Gasteiger partial charge in [-0.05, 0) is 6.42 Å². The Bertz CT molecular complexity index is 159. The molecule has 6 heteroatoms. The second-order valence-electron chi connectivity index (χ2n) is 3.08. The van der Waals surface area contributed by atoms with Gasteiger partial charge in [0.25, 0.3) is 5.97 Å². The average molecular weight is 322 g/mol. The molecule has 0 bridgehead atoms. The van der Waals surface area contributed by atoms with E-state index in [1.54, 1.807) is 0 Å². The van der Waals surface area contributed by atoms with E-state index in [4.69, 9.17) is 15.0 Å². The maximum Gasteiger partial charge on any atom is 0.303 e. The van der Waals surface area contributed by atoms with Gasteiger partial charge in [-0.15, -0.1) is 0 Å². The largest absolute Gasteiger partial charge is 0.481 e. The van der Waals surface area contributed by atoms with Gasteiger partial charge in [0.1, 0.15) is 0 Å². The fourth-order valence-electron chi connectivity index (χ4n) is 0.880. The fourth-order valence-corrected chi connectivity index (χ4v) is 0.880. The first-order chi connectivity index (χ1) is 6.50. The Morgan fingerprint density at radius 1 is 0.938 bits per heavy atom. The van der Waals surface area contributed by atoms with Crippen molar-refractivity contribution >= 4 is 11.9 Å². The molecule has 0 aromatic rings. The second-order valence-corrected chi connectivity index (χ2v) is 3.08. The van der Waals surface area contributed by atoms with E-state index >= 15 is 0 Å². The van der Waals surface area contributed by atoms with Crippen LogP contribution in [0.5, 0.6) is 0 Å². The van der Waals surface area contributed by atoms with Crippen molar-refractivity contribution in [2.24, 2.45) is 0 Å². The third-order valence-electron chi connectivity index (χ3n) is 1.49. The summed E-state index contributed by atoms with van der Waals surface area (Å²) in [5.74, 6) is -1.50. The summed E-state index contributed by atoms with van der Waals surface area (Å²) < 4.78 is 0. The summed E-state index contributed by atoms with van der Waals surface area (Å²) >= 11 is 0. The zero-order valence-corrected chi connectivity index (χ0v) is 11.6. The number of carbonyl (C=O) groups is 2. The first kappa shape index (κ1) is 24.9. The number of carboxylic acids is 2. The second kappa shape index (κ2) is 20.4. The van der Waals surface area contributed by atoms with Gasteiger partial charge >= 0.3 is 5.97 Å². The van der Waals surface area contributed by atoms with Crippen molar-refractivity contribution in [1.82, 2.24) is 0 Å². The average Bonchev–Trinajstić information content (AvgIpc) is 2.02.